The highest BCUT2D eigenvalue weighted by atomic mass is 16.3. The normalized spacial score (nSPS) is 14.4. The first kappa shape index (κ1) is 17.9. The van der Waals surface area contributed by atoms with Crippen LogP contribution in [-0.2, 0) is 14.1 Å². The van der Waals surface area contributed by atoms with Crippen molar-refractivity contribution in [3.8, 4) is 5.88 Å². The highest BCUT2D eigenvalue weighted by molar-refractivity contribution is 5.87. The van der Waals surface area contributed by atoms with E-state index in [-0.39, 0.29) is 5.56 Å². The zero-order valence-corrected chi connectivity index (χ0v) is 15.7. The van der Waals surface area contributed by atoms with Crippen molar-refractivity contribution >= 4 is 28.9 Å². The van der Waals surface area contributed by atoms with E-state index in [1.165, 1.54) is 20.3 Å². The summed E-state index contributed by atoms with van der Waals surface area (Å²) in [5.74, 6) is 0.581. The van der Waals surface area contributed by atoms with Gasteiger partial charge in [0.25, 0.3) is 5.56 Å². The van der Waals surface area contributed by atoms with Crippen LogP contribution in [0.5, 0.6) is 5.88 Å². The molecule has 1 fully saturated rings. The molecule has 3 heterocycles. The van der Waals surface area contributed by atoms with Crippen LogP contribution < -0.4 is 16.1 Å². The molecule has 3 aromatic rings. The number of aromatic nitrogens is 4. The number of nitrogens with zero attached hydrogens (tertiary/aromatic N) is 6. The van der Waals surface area contributed by atoms with Crippen LogP contribution in [0.15, 0.2) is 38.8 Å². The summed E-state index contributed by atoms with van der Waals surface area (Å²) >= 11 is 0. The van der Waals surface area contributed by atoms with Crippen molar-refractivity contribution in [3.63, 3.8) is 0 Å². The molecule has 0 aliphatic carbocycles. The van der Waals surface area contributed by atoms with E-state index < -0.39 is 17.1 Å². The van der Waals surface area contributed by atoms with Crippen molar-refractivity contribution < 1.29 is 5.11 Å². The van der Waals surface area contributed by atoms with Crippen LogP contribution in [0.2, 0.25) is 0 Å². The summed E-state index contributed by atoms with van der Waals surface area (Å²) in [6, 6.07) is 7.51. The van der Waals surface area contributed by atoms with Crippen LogP contribution in [0.25, 0.3) is 11.0 Å². The van der Waals surface area contributed by atoms with Crippen LogP contribution in [0.3, 0.4) is 0 Å². The second kappa shape index (κ2) is 6.91. The topological polar surface area (TPSA) is 106 Å². The molecule has 144 valence electrons. The third-order valence-electron chi connectivity index (χ3n) is 4.92. The third-order valence-corrected chi connectivity index (χ3v) is 4.92. The Morgan fingerprint density at radius 1 is 1.04 bits per heavy atom. The standard InChI is InChI=1S/C19H20N6O3/c1-23-17(26)12(18(27)24(2)19(23)28)11-20-15-16(25-9-5-6-10-25)22-14-8-4-3-7-13(14)21-15/h3-4,7-8,11,26H,5-6,9-10H2,1-2H3. The molecule has 28 heavy (non-hydrogen) atoms. The summed E-state index contributed by atoms with van der Waals surface area (Å²) in [7, 11) is 2.74. The van der Waals surface area contributed by atoms with Crippen molar-refractivity contribution in [2.45, 2.75) is 12.8 Å². The minimum atomic E-state index is -0.624. The molecule has 1 aliphatic rings. The summed E-state index contributed by atoms with van der Waals surface area (Å²) in [4.78, 5) is 40.1. The molecule has 0 amide bonds. The van der Waals surface area contributed by atoms with E-state index >= 15 is 0 Å². The third kappa shape index (κ3) is 2.94. The number of aliphatic imine (C=N–C) groups is 1. The molecule has 9 heteroatoms. The van der Waals surface area contributed by atoms with E-state index in [1.807, 2.05) is 24.3 Å². The summed E-state index contributed by atoms with van der Waals surface area (Å²) in [6.07, 6.45) is 3.38. The van der Waals surface area contributed by atoms with Crippen LogP contribution in [0.4, 0.5) is 11.6 Å². The number of rotatable bonds is 3. The molecule has 0 atom stereocenters. The lowest BCUT2D eigenvalue weighted by Gasteiger charge is -2.18. The molecule has 0 radical (unpaired) electrons. The SMILES string of the molecule is Cn1c(O)c(C=Nc2nc3ccccc3nc2N2CCCC2)c(=O)n(C)c1=O. The van der Waals surface area contributed by atoms with Gasteiger partial charge < -0.3 is 10.0 Å². The fraction of sp³-hybridized carbons (Fsp3) is 0.316. The lowest BCUT2D eigenvalue weighted by atomic mass is 10.3. The molecule has 0 unspecified atom stereocenters. The van der Waals surface area contributed by atoms with Gasteiger partial charge in [-0.15, -0.1) is 0 Å². The summed E-state index contributed by atoms with van der Waals surface area (Å²) < 4.78 is 1.92. The zero-order chi connectivity index (χ0) is 19.8. The van der Waals surface area contributed by atoms with Gasteiger partial charge in [0, 0.05) is 33.4 Å². The van der Waals surface area contributed by atoms with Crippen LogP contribution >= 0.6 is 0 Å². The predicted octanol–water partition coefficient (Wildman–Crippen LogP) is 1.08. The maximum atomic E-state index is 12.4. The minimum absolute atomic E-state index is 0.0769. The van der Waals surface area contributed by atoms with Gasteiger partial charge in [0.05, 0.1) is 11.0 Å². The van der Waals surface area contributed by atoms with Crippen molar-refractivity contribution in [3.05, 3.63) is 50.7 Å². The number of hydrogen-bond donors (Lipinski definition) is 1. The largest absolute Gasteiger partial charge is 0.494 e. The predicted molar refractivity (Wildman–Crippen MR) is 107 cm³/mol. The quantitative estimate of drug-likeness (QED) is 0.682. The average Bonchev–Trinajstić information content (AvgIpc) is 3.25. The molecule has 2 aromatic heterocycles. The molecule has 1 aromatic carbocycles. The average molecular weight is 380 g/mol. The van der Waals surface area contributed by atoms with Gasteiger partial charge in [-0.3, -0.25) is 13.9 Å². The molecule has 0 bridgehead atoms. The monoisotopic (exact) mass is 380 g/mol. The minimum Gasteiger partial charge on any atom is -0.494 e. The molecular formula is C19H20N6O3. The van der Waals surface area contributed by atoms with E-state index in [4.69, 9.17) is 4.98 Å². The summed E-state index contributed by atoms with van der Waals surface area (Å²) in [5.41, 5.74) is 0.148. The van der Waals surface area contributed by atoms with Gasteiger partial charge in [-0.1, -0.05) is 12.1 Å². The molecule has 1 N–H and O–H groups in total. The molecule has 0 spiro atoms. The van der Waals surface area contributed by atoms with Crippen molar-refractivity contribution in [1.29, 1.82) is 0 Å². The molecule has 1 aliphatic heterocycles. The molecule has 9 nitrogen and oxygen atoms in total. The van der Waals surface area contributed by atoms with Gasteiger partial charge >= 0.3 is 5.69 Å². The van der Waals surface area contributed by atoms with Crippen LogP contribution in [0, 0.1) is 0 Å². The second-order valence-electron chi connectivity index (χ2n) is 6.75. The first-order valence-corrected chi connectivity index (χ1v) is 9.02. The Bertz CT molecular complexity index is 1200. The Kier molecular flexibility index (Phi) is 4.42. The van der Waals surface area contributed by atoms with E-state index in [0.717, 1.165) is 40.6 Å². The fourth-order valence-electron chi connectivity index (χ4n) is 3.31. The highest BCUT2D eigenvalue weighted by Crippen LogP contribution is 2.29. The van der Waals surface area contributed by atoms with E-state index in [1.54, 1.807) is 0 Å². The van der Waals surface area contributed by atoms with Gasteiger partial charge in [-0.2, -0.15) is 0 Å². The van der Waals surface area contributed by atoms with Gasteiger partial charge in [-0.05, 0) is 25.0 Å². The maximum absolute atomic E-state index is 12.4. The van der Waals surface area contributed by atoms with E-state index in [0.29, 0.717) is 17.2 Å². The fourth-order valence-corrected chi connectivity index (χ4v) is 3.31. The Morgan fingerprint density at radius 3 is 2.36 bits per heavy atom. The Balaban J connectivity index is 1.87. The number of benzene rings is 1. The molecular weight excluding hydrogens is 360 g/mol. The number of para-hydroxylation sites is 2. The Hall–Kier alpha value is -3.49. The van der Waals surface area contributed by atoms with Gasteiger partial charge in [-0.25, -0.2) is 19.8 Å². The number of fused-ring (bicyclic) bond motifs is 1. The number of hydrogen-bond acceptors (Lipinski definition) is 7. The van der Waals surface area contributed by atoms with Gasteiger partial charge in [0.1, 0.15) is 5.56 Å². The maximum Gasteiger partial charge on any atom is 0.333 e. The zero-order valence-electron chi connectivity index (χ0n) is 15.7. The lowest BCUT2D eigenvalue weighted by Crippen LogP contribution is -2.38. The smallest absolute Gasteiger partial charge is 0.333 e. The first-order chi connectivity index (χ1) is 13.5. The van der Waals surface area contributed by atoms with Crippen LogP contribution in [-0.4, -0.2) is 43.5 Å². The van der Waals surface area contributed by atoms with E-state index in [9.17, 15) is 14.7 Å². The summed E-state index contributed by atoms with van der Waals surface area (Å²) in [5, 5.41) is 10.2. The Labute approximate surface area is 160 Å². The van der Waals surface area contributed by atoms with Crippen molar-refractivity contribution in [1.82, 2.24) is 19.1 Å². The number of aromatic hydroxyl groups is 1. The van der Waals surface area contributed by atoms with Crippen LogP contribution in [0.1, 0.15) is 18.4 Å². The van der Waals surface area contributed by atoms with Gasteiger partial charge in [0.2, 0.25) is 5.88 Å². The van der Waals surface area contributed by atoms with Crippen molar-refractivity contribution in [2.75, 3.05) is 18.0 Å². The number of anilines is 1. The first-order valence-electron chi connectivity index (χ1n) is 9.02. The van der Waals surface area contributed by atoms with Crippen molar-refractivity contribution in [2.24, 2.45) is 19.1 Å². The molecule has 4 rings (SSSR count). The second-order valence-corrected chi connectivity index (χ2v) is 6.75. The highest BCUT2D eigenvalue weighted by Gasteiger charge is 2.20. The van der Waals surface area contributed by atoms with Gasteiger partial charge in [0.15, 0.2) is 11.6 Å². The molecule has 1 saturated heterocycles. The van der Waals surface area contributed by atoms with E-state index in [2.05, 4.69) is 14.9 Å². The molecule has 0 saturated carbocycles. The summed E-state index contributed by atoms with van der Waals surface area (Å²) in [6.45, 7) is 1.73. The Morgan fingerprint density at radius 2 is 1.68 bits per heavy atom. The lowest BCUT2D eigenvalue weighted by molar-refractivity contribution is 0.410.